The fourth-order valence-electron chi connectivity index (χ4n) is 9.08. The van der Waals surface area contributed by atoms with Gasteiger partial charge in [-0.15, -0.1) is 0 Å². The summed E-state index contributed by atoms with van der Waals surface area (Å²) in [7, 11) is 0. The standard InChI is InChI=1S/C58H98O4/c1-5-9-13-17-21-25-29-33-37-47-59-53-45-41-43-51-55(53)58(62-50-40-36-32-28-24-20-16-12-8-4)56-52(57(51)61-49-39-35-31-27-23-19-15-11-7-3)44-42-46-54(56)60-48-38-34-30-26-22-18-14-10-6-2/h41-46H,5-40,47-50H2,1-4H3. The summed E-state index contributed by atoms with van der Waals surface area (Å²) in [6, 6.07) is 13.1. The molecular formula is C58H98O4. The molecule has 3 aromatic carbocycles. The molecule has 0 atom stereocenters. The van der Waals surface area contributed by atoms with Crippen LogP contribution in [0.2, 0.25) is 0 Å². The van der Waals surface area contributed by atoms with Crippen molar-refractivity contribution in [3.63, 3.8) is 0 Å². The molecule has 3 rings (SSSR count). The van der Waals surface area contributed by atoms with Crippen LogP contribution in [0.1, 0.15) is 259 Å². The zero-order valence-corrected chi connectivity index (χ0v) is 41.4. The SMILES string of the molecule is CCCCCCCCCCCOc1c2cccc(OCCCCCCCCCCC)c2c(OCCCCCCCCCCC)c2c(OCCCCCCCCCCC)cccc12. The quantitative estimate of drug-likeness (QED) is 0.0419. The lowest BCUT2D eigenvalue weighted by molar-refractivity contribution is 0.292. The molecule has 0 aliphatic rings. The maximum atomic E-state index is 7.02. The first-order chi connectivity index (χ1) is 30.8. The summed E-state index contributed by atoms with van der Waals surface area (Å²) in [5.41, 5.74) is 0. The zero-order chi connectivity index (χ0) is 44.0. The maximum absolute atomic E-state index is 7.02. The van der Waals surface area contributed by atoms with Crippen molar-refractivity contribution in [2.45, 2.75) is 259 Å². The van der Waals surface area contributed by atoms with E-state index in [2.05, 4.69) is 64.1 Å². The average Bonchev–Trinajstić information content (AvgIpc) is 3.29. The fraction of sp³-hybridized carbons (Fsp3) is 0.759. The topological polar surface area (TPSA) is 36.9 Å². The number of ether oxygens (including phenoxy) is 4. The second kappa shape index (κ2) is 37.7. The van der Waals surface area contributed by atoms with Crippen LogP contribution in [0.15, 0.2) is 36.4 Å². The largest absolute Gasteiger partial charge is 0.493 e. The molecule has 0 radical (unpaired) electrons. The molecule has 0 unspecified atom stereocenters. The normalized spacial score (nSPS) is 11.5. The monoisotopic (exact) mass is 859 g/mol. The summed E-state index contributed by atoms with van der Waals surface area (Å²) in [6.45, 7) is 12.0. The summed E-state index contributed by atoms with van der Waals surface area (Å²) >= 11 is 0. The minimum absolute atomic E-state index is 0.692. The predicted octanol–water partition coefficient (Wildman–Crippen LogP) is 19.6. The molecular weight excluding hydrogens is 761 g/mol. The van der Waals surface area contributed by atoms with Gasteiger partial charge in [0, 0.05) is 10.8 Å². The smallest absolute Gasteiger partial charge is 0.142 e. The van der Waals surface area contributed by atoms with Crippen LogP contribution < -0.4 is 18.9 Å². The summed E-state index contributed by atoms with van der Waals surface area (Å²) in [4.78, 5) is 0. The van der Waals surface area contributed by atoms with Crippen LogP contribution in [0.5, 0.6) is 23.0 Å². The highest BCUT2D eigenvalue weighted by atomic mass is 16.5. The number of hydrogen-bond donors (Lipinski definition) is 0. The van der Waals surface area contributed by atoms with Crippen molar-refractivity contribution in [3.05, 3.63) is 36.4 Å². The van der Waals surface area contributed by atoms with Gasteiger partial charge in [-0.1, -0.05) is 257 Å². The first-order valence-electron chi connectivity index (χ1n) is 27.3. The lowest BCUT2D eigenvalue weighted by Crippen LogP contribution is -2.06. The lowest BCUT2D eigenvalue weighted by atomic mass is 9.98. The van der Waals surface area contributed by atoms with E-state index in [1.54, 1.807) is 0 Å². The first-order valence-corrected chi connectivity index (χ1v) is 27.3. The molecule has 0 aromatic heterocycles. The van der Waals surface area contributed by atoms with Crippen molar-refractivity contribution >= 4 is 21.5 Å². The van der Waals surface area contributed by atoms with E-state index in [1.165, 1.54) is 205 Å². The highest BCUT2D eigenvalue weighted by Crippen LogP contribution is 2.49. The molecule has 354 valence electrons. The van der Waals surface area contributed by atoms with Gasteiger partial charge in [0.1, 0.15) is 23.0 Å². The Bertz CT molecular complexity index is 1400. The van der Waals surface area contributed by atoms with Crippen LogP contribution in [0, 0.1) is 0 Å². The van der Waals surface area contributed by atoms with Gasteiger partial charge >= 0.3 is 0 Å². The van der Waals surface area contributed by atoms with E-state index < -0.39 is 0 Å². The minimum atomic E-state index is 0.692. The molecule has 0 saturated carbocycles. The second-order valence-electron chi connectivity index (χ2n) is 18.7. The average molecular weight is 859 g/mol. The van der Waals surface area contributed by atoms with Crippen LogP contribution in [-0.2, 0) is 0 Å². The van der Waals surface area contributed by atoms with Gasteiger partial charge in [0.2, 0.25) is 0 Å². The van der Waals surface area contributed by atoms with Gasteiger partial charge in [-0.25, -0.2) is 0 Å². The van der Waals surface area contributed by atoms with Crippen molar-refractivity contribution in [1.29, 1.82) is 0 Å². The lowest BCUT2D eigenvalue weighted by Gasteiger charge is -2.22. The molecule has 4 nitrogen and oxygen atoms in total. The van der Waals surface area contributed by atoms with E-state index in [9.17, 15) is 0 Å². The van der Waals surface area contributed by atoms with Crippen LogP contribution in [0.3, 0.4) is 0 Å². The molecule has 0 saturated heterocycles. The Morgan fingerprint density at radius 2 is 0.500 bits per heavy atom. The number of unbranched alkanes of at least 4 members (excludes halogenated alkanes) is 32. The maximum Gasteiger partial charge on any atom is 0.142 e. The molecule has 62 heavy (non-hydrogen) atoms. The van der Waals surface area contributed by atoms with E-state index in [0.717, 1.165) is 83.4 Å². The summed E-state index contributed by atoms with van der Waals surface area (Å²) in [6.07, 6.45) is 46.8. The highest BCUT2D eigenvalue weighted by Gasteiger charge is 2.23. The third-order valence-corrected chi connectivity index (χ3v) is 13.0. The Kier molecular flexibility index (Phi) is 32.7. The number of hydrogen-bond acceptors (Lipinski definition) is 4. The van der Waals surface area contributed by atoms with E-state index in [1.807, 2.05) is 0 Å². The molecule has 0 spiro atoms. The zero-order valence-electron chi connectivity index (χ0n) is 41.4. The molecule has 0 aliphatic carbocycles. The Labute approximate surface area is 383 Å². The van der Waals surface area contributed by atoms with Crippen molar-refractivity contribution in [3.8, 4) is 23.0 Å². The predicted molar refractivity (Wildman–Crippen MR) is 272 cm³/mol. The van der Waals surface area contributed by atoms with E-state index in [0.29, 0.717) is 13.2 Å². The minimum Gasteiger partial charge on any atom is -0.493 e. The van der Waals surface area contributed by atoms with Gasteiger partial charge < -0.3 is 18.9 Å². The summed E-state index contributed by atoms with van der Waals surface area (Å²) in [5, 5.41) is 4.29. The Morgan fingerprint density at radius 3 is 0.790 bits per heavy atom. The molecule has 0 fully saturated rings. The molecule has 0 heterocycles. The number of fused-ring (bicyclic) bond motifs is 2. The molecule has 3 aromatic rings. The summed E-state index contributed by atoms with van der Waals surface area (Å²) in [5.74, 6) is 3.68. The third-order valence-electron chi connectivity index (χ3n) is 13.0. The molecule has 0 bridgehead atoms. The van der Waals surface area contributed by atoms with Crippen molar-refractivity contribution in [2.75, 3.05) is 26.4 Å². The second-order valence-corrected chi connectivity index (χ2v) is 18.7. The van der Waals surface area contributed by atoms with Crippen LogP contribution >= 0.6 is 0 Å². The third kappa shape index (κ3) is 22.8. The van der Waals surface area contributed by atoms with Crippen LogP contribution in [0.4, 0.5) is 0 Å². The van der Waals surface area contributed by atoms with E-state index in [4.69, 9.17) is 18.9 Å². The van der Waals surface area contributed by atoms with Crippen molar-refractivity contribution in [1.82, 2.24) is 0 Å². The number of rotatable bonds is 44. The van der Waals surface area contributed by atoms with Crippen LogP contribution in [0.25, 0.3) is 21.5 Å². The first kappa shape index (κ1) is 53.7. The molecule has 0 N–H and O–H groups in total. The highest BCUT2D eigenvalue weighted by molar-refractivity contribution is 6.15. The Morgan fingerprint density at radius 1 is 0.258 bits per heavy atom. The molecule has 4 heteroatoms. The van der Waals surface area contributed by atoms with Gasteiger partial charge in [-0.2, -0.15) is 0 Å². The van der Waals surface area contributed by atoms with Gasteiger partial charge in [0.15, 0.2) is 0 Å². The molecule has 0 amide bonds. The van der Waals surface area contributed by atoms with Crippen LogP contribution in [-0.4, -0.2) is 26.4 Å². The Hall–Kier alpha value is -2.62. The van der Waals surface area contributed by atoms with E-state index >= 15 is 0 Å². The van der Waals surface area contributed by atoms with E-state index in [-0.39, 0.29) is 0 Å². The Balaban J connectivity index is 1.83. The van der Waals surface area contributed by atoms with Gasteiger partial charge in [0.05, 0.1) is 37.2 Å². The van der Waals surface area contributed by atoms with Gasteiger partial charge in [-0.05, 0) is 37.8 Å². The van der Waals surface area contributed by atoms with Crippen molar-refractivity contribution < 1.29 is 18.9 Å². The van der Waals surface area contributed by atoms with Gasteiger partial charge in [-0.3, -0.25) is 0 Å². The van der Waals surface area contributed by atoms with Crippen molar-refractivity contribution in [2.24, 2.45) is 0 Å². The fourth-order valence-corrected chi connectivity index (χ4v) is 9.08. The van der Waals surface area contributed by atoms with Gasteiger partial charge in [0.25, 0.3) is 0 Å². The number of benzene rings is 3. The molecule has 0 aliphatic heterocycles. The summed E-state index contributed by atoms with van der Waals surface area (Å²) < 4.78 is 27.4.